The van der Waals surface area contributed by atoms with Crippen LogP contribution in [0.25, 0.3) is 4.85 Å². The van der Waals surface area contributed by atoms with Gasteiger partial charge in [-0.3, -0.25) is 4.85 Å². The minimum Gasteiger partial charge on any atom is -0.291 e. The minimum absolute atomic E-state index is 0.183. The summed E-state index contributed by atoms with van der Waals surface area (Å²) in [4.78, 5) is 3.51. The first kappa shape index (κ1) is 15.0. The molecule has 0 saturated heterocycles. The van der Waals surface area contributed by atoms with Gasteiger partial charge < -0.3 is 0 Å². The maximum absolute atomic E-state index is 12.6. The summed E-state index contributed by atoms with van der Waals surface area (Å²) < 4.78 is 26.1. The SMILES string of the molecule is [C-]#[N+][C@H](c1cccc(I)c1)S(=O)(=O)c1ccc(C)cc1. The minimum atomic E-state index is -3.70. The highest BCUT2D eigenvalue weighted by atomic mass is 127. The first-order chi connectivity index (χ1) is 9.45. The summed E-state index contributed by atoms with van der Waals surface area (Å²) in [5.41, 5.74) is 1.49. The molecule has 0 amide bonds. The zero-order chi connectivity index (χ0) is 14.8. The highest BCUT2D eigenvalue weighted by Gasteiger charge is 2.34. The van der Waals surface area contributed by atoms with Crippen LogP contribution in [0.3, 0.4) is 0 Å². The van der Waals surface area contributed by atoms with Crippen molar-refractivity contribution in [2.45, 2.75) is 17.2 Å². The van der Waals surface area contributed by atoms with E-state index in [-0.39, 0.29) is 4.90 Å². The van der Waals surface area contributed by atoms with E-state index in [1.54, 1.807) is 42.5 Å². The van der Waals surface area contributed by atoms with Crippen molar-refractivity contribution in [2.24, 2.45) is 0 Å². The van der Waals surface area contributed by atoms with Crippen LogP contribution in [0.1, 0.15) is 16.5 Å². The van der Waals surface area contributed by atoms with Gasteiger partial charge in [0.1, 0.15) is 0 Å². The third-order valence-corrected chi connectivity index (χ3v) is 5.46. The highest BCUT2D eigenvalue weighted by molar-refractivity contribution is 14.1. The van der Waals surface area contributed by atoms with Crippen LogP contribution < -0.4 is 0 Å². The Balaban J connectivity index is 2.51. The van der Waals surface area contributed by atoms with Gasteiger partial charge in [-0.2, -0.15) is 0 Å². The Morgan fingerprint density at radius 2 is 1.80 bits per heavy atom. The average molecular weight is 397 g/mol. The van der Waals surface area contributed by atoms with Gasteiger partial charge in [-0.25, -0.2) is 15.0 Å². The van der Waals surface area contributed by atoms with Gasteiger partial charge in [0.25, 0.3) is 9.84 Å². The van der Waals surface area contributed by atoms with Crippen LogP contribution in [0.15, 0.2) is 53.4 Å². The van der Waals surface area contributed by atoms with Gasteiger partial charge in [-0.1, -0.05) is 29.8 Å². The molecule has 0 heterocycles. The monoisotopic (exact) mass is 397 g/mol. The van der Waals surface area contributed by atoms with Crippen LogP contribution in [0, 0.1) is 17.1 Å². The molecule has 2 rings (SSSR count). The maximum atomic E-state index is 12.6. The number of aryl methyl sites for hydroxylation is 1. The summed E-state index contributed by atoms with van der Waals surface area (Å²) in [7, 11) is -3.70. The Morgan fingerprint density at radius 3 is 2.35 bits per heavy atom. The predicted octanol–water partition coefficient (Wildman–Crippen LogP) is 3.99. The van der Waals surface area contributed by atoms with Gasteiger partial charge in [0, 0.05) is 3.57 Å². The molecule has 20 heavy (non-hydrogen) atoms. The van der Waals surface area contributed by atoms with E-state index in [1.165, 1.54) is 0 Å². The van der Waals surface area contributed by atoms with Gasteiger partial charge in [0.15, 0.2) is 0 Å². The summed E-state index contributed by atoms with van der Waals surface area (Å²) in [6.07, 6.45) is 0. The summed E-state index contributed by atoms with van der Waals surface area (Å²) in [5, 5.41) is -1.19. The quantitative estimate of drug-likeness (QED) is 0.580. The van der Waals surface area contributed by atoms with Crippen molar-refractivity contribution in [3.63, 3.8) is 0 Å². The molecule has 0 aliphatic carbocycles. The van der Waals surface area contributed by atoms with Crippen LogP contribution in [0.5, 0.6) is 0 Å². The Bertz CT molecular complexity index is 761. The third kappa shape index (κ3) is 3.02. The molecule has 3 nitrogen and oxygen atoms in total. The smallest absolute Gasteiger partial charge is 0.291 e. The molecule has 2 aromatic carbocycles. The molecule has 0 bridgehead atoms. The van der Waals surface area contributed by atoms with Crippen LogP contribution in [0.4, 0.5) is 0 Å². The number of rotatable bonds is 3. The Hall–Kier alpha value is -1.39. The van der Waals surface area contributed by atoms with E-state index in [0.29, 0.717) is 5.56 Å². The lowest BCUT2D eigenvalue weighted by Crippen LogP contribution is -2.10. The summed E-state index contributed by atoms with van der Waals surface area (Å²) in [6, 6.07) is 13.6. The van der Waals surface area contributed by atoms with Gasteiger partial charge in [0.05, 0.1) is 10.5 Å². The van der Waals surface area contributed by atoms with Gasteiger partial charge in [-0.15, -0.1) is 0 Å². The Labute approximate surface area is 132 Å². The highest BCUT2D eigenvalue weighted by Crippen LogP contribution is 2.31. The zero-order valence-electron chi connectivity index (χ0n) is 10.7. The van der Waals surface area contributed by atoms with Crippen LogP contribution >= 0.6 is 22.6 Å². The molecule has 0 N–H and O–H groups in total. The average Bonchev–Trinajstić information content (AvgIpc) is 2.40. The zero-order valence-corrected chi connectivity index (χ0v) is 13.7. The molecule has 0 fully saturated rings. The number of benzene rings is 2. The van der Waals surface area contributed by atoms with Crippen molar-refractivity contribution >= 4 is 32.4 Å². The fraction of sp³-hybridized carbons (Fsp3) is 0.133. The number of nitrogens with zero attached hydrogens (tertiary/aromatic N) is 1. The number of sulfone groups is 1. The van der Waals surface area contributed by atoms with E-state index in [2.05, 4.69) is 27.4 Å². The summed E-state index contributed by atoms with van der Waals surface area (Å²) in [6.45, 7) is 9.15. The fourth-order valence-electron chi connectivity index (χ4n) is 1.84. The summed E-state index contributed by atoms with van der Waals surface area (Å²) >= 11 is 2.10. The molecule has 0 aromatic heterocycles. The maximum Gasteiger partial charge on any atom is 0.350 e. The van der Waals surface area contributed by atoms with Crippen molar-refractivity contribution in [3.8, 4) is 0 Å². The molecule has 102 valence electrons. The van der Waals surface area contributed by atoms with Crippen LogP contribution in [0.2, 0.25) is 0 Å². The molecule has 2 aromatic rings. The van der Waals surface area contributed by atoms with Gasteiger partial charge >= 0.3 is 5.37 Å². The second-order valence-corrected chi connectivity index (χ2v) is 7.65. The number of halogens is 1. The predicted molar refractivity (Wildman–Crippen MR) is 86.9 cm³/mol. The van der Waals surface area contributed by atoms with E-state index >= 15 is 0 Å². The molecule has 5 heteroatoms. The van der Waals surface area contributed by atoms with E-state index in [1.807, 2.05) is 13.0 Å². The number of hydrogen-bond donors (Lipinski definition) is 0. The second-order valence-electron chi connectivity index (χ2n) is 4.39. The molecular weight excluding hydrogens is 385 g/mol. The molecular formula is C15H12INO2S. The summed E-state index contributed by atoms with van der Waals surface area (Å²) in [5.74, 6) is 0. The lowest BCUT2D eigenvalue weighted by atomic mass is 10.2. The third-order valence-electron chi connectivity index (χ3n) is 2.89. The van der Waals surface area contributed by atoms with E-state index < -0.39 is 15.2 Å². The molecule has 1 atom stereocenters. The van der Waals surface area contributed by atoms with E-state index in [0.717, 1.165) is 9.13 Å². The molecule has 0 saturated carbocycles. The standard InChI is InChI=1S/C15H12INO2S/c1-11-6-8-14(9-7-11)20(18,19)15(17-2)12-4-3-5-13(16)10-12/h3-10,15H,1H3/t15-/m0/s1. The van der Waals surface area contributed by atoms with Crippen molar-refractivity contribution in [1.82, 2.24) is 0 Å². The Morgan fingerprint density at radius 1 is 1.15 bits per heavy atom. The van der Waals surface area contributed by atoms with Crippen molar-refractivity contribution in [2.75, 3.05) is 0 Å². The van der Waals surface area contributed by atoms with Gasteiger partial charge in [-0.05, 0) is 53.8 Å². The normalized spacial score (nSPS) is 12.7. The van der Waals surface area contributed by atoms with Crippen molar-refractivity contribution in [1.29, 1.82) is 0 Å². The molecule has 0 radical (unpaired) electrons. The molecule has 0 aliphatic heterocycles. The second kappa shape index (κ2) is 5.94. The topological polar surface area (TPSA) is 38.5 Å². The van der Waals surface area contributed by atoms with Crippen LogP contribution in [-0.4, -0.2) is 8.42 Å². The lowest BCUT2D eigenvalue weighted by Gasteiger charge is -2.08. The number of hydrogen-bond acceptors (Lipinski definition) is 2. The van der Waals surface area contributed by atoms with E-state index in [4.69, 9.17) is 6.57 Å². The fourth-order valence-corrected chi connectivity index (χ4v) is 3.82. The van der Waals surface area contributed by atoms with Crippen molar-refractivity contribution in [3.05, 3.63) is 74.6 Å². The first-order valence-corrected chi connectivity index (χ1v) is 8.50. The van der Waals surface area contributed by atoms with Gasteiger partial charge in [0.2, 0.25) is 0 Å². The first-order valence-electron chi connectivity index (χ1n) is 5.88. The molecule has 0 spiro atoms. The lowest BCUT2D eigenvalue weighted by molar-refractivity contribution is 0.590. The van der Waals surface area contributed by atoms with Crippen molar-refractivity contribution < 1.29 is 8.42 Å². The molecule has 0 unspecified atom stereocenters. The van der Waals surface area contributed by atoms with Crippen LogP contribution in [-0.2, 0) is 9.84 Å². The Kier molecular flexibility index (Phi) is 4.45. The molecule has 0 aliphatic rings. The largest absolute Gasteiger partial charge is 0.350 e. The van der Waals surface area contributed by atoms with E-state index in [9.17, 15) is 8.42 Å².